The predicted molar refractivity (Wildman–Crippen MR) is 54.7 cm³/mol. The molecule has 15 heavy (non-hydrogen) atoms. The molecule has 0 bridgehead atoms. The number of morpholine rings is 1. The van der Waals surface area contributed by atoms with E-state index >= 15 is 0 Å². The fourth-order valence-corrected chi connectivity index (χ4v) is 1.87. The molecule has 1 aliphatic rings. The summed E-state index contributed by atoms with van der Waals surface area (Å²) in [7, 11) is 0. The highest BCUT2D eigenvalue weighted by molar-refractivity contribution is 5.73. The van der Waals surface area contributed by atoms with Crippen molar-refractivity contribution in [3.05, 3.63) is 0 Å². The molecule has 0 aliphatic carbocycles. The molecule has 5 heteroatoms. The smallest absolute Gasteiger partial charge is 0.320 e. The second-order valence-corrected chi connectivity index (χ2v) is 3.81. The highest BCUT2D eigenvalue weighted by atomic mass is 16.5. The third-order valence-corrected chi connectivity index (χ3v) is 2.66. The van der Waals surface area contributed by atoms with Crippen LogP contribution in [0.2, 0.25) is 0 Å². The van der Waals surface area contributed by atoms with Crippen molar-refractivity contribution >= 4 is 5.97 Å². The minimum atomic E-state index is -0.782. The molecule has 1 heterocycles. The van der Waals surface area contributed by atoms with E-state index in [4.69, 9.17) is 14.9 Å². The Balaban J connectivity index is 2.54. The molecule has 1 saturated heterocycles. The van der Waals surface area contributed by atoms with E-state index in [1.54, 1.807) is 0 Å². The SMILES string of the molecule is CCCC(C(=O)O)N1CCOC(CO)C1. The molecule has 88 valence electrons. The van der Waals surface area contributed by atoms with Crippen molar-refractivity contribution in [1.82, 2.24) is 4.90 Å². The van der Waals surface area contributed by atoms with Gasteiger partial charge in [0.05, 0.1) is 19.3 Å². The fraction of sp³-hybridized carbons (Fsp3) is 0.900. The van der Waals surface area contributed by atoms with E-state index in [1.807, 2.05) is 11.8 Å². The monoisotopic (exact) mass is 217 g/mol. The van der Waals surface area contributed by atoms with Crippen molar-refractivity contribution in [1.29, 1.82) is 0 Å². The number of hydrogen-bond acceptors (Lipinski definition) is 4. The number of ether oxygens (including phenoxy) is 1. The van der Waals surface area contributed by atoms with Gasteiger partial charge in [0.25, 0.3) is 0 Å². The zero-order chi connectivity index (χ0) is 11.3. The largest absolute Gasteiger partial charge is 0.480 e. The minimum absolute atomic E-state index is 0.0467. The predicted octanol–water partition coefficient (Wildman–Crippen LogP) is -0.0672. The Morgan fingerprint density at radius 1 is 1.67 bits per heavy atom. The zero-order valence-corrected chi connectivity index (χ0v) is 9.06. The van der Waals surface area contributed by atoms with Crippen LogP contribution in [-0.4, -0.2) is 59.5 Å². The molecule has 1 aliphatic heterocycles. The van der Waals surface area contributed by atoms with Gasteiger partial charge < -0.3 is 14.9 Å². The first-order chi connectivity index (χ1) is 7.19. The van der Waals surface area contributed by atoms with Crippen LogP contribution in [0.15, 0.2) is 0 Å². The summed E-state index contributed by atoms with van der Waals surface area (Å²) in [6.45, 7) is 3.56. The van der Waals surface area contributed by atoms with Crippen LogP contribution in [0.25, 0.3) is 0 Å². The van der Waals surface area contributed by atoms with Crippen molar-refractivity contribution in [2.45, 2.75) is 31.9 Å². The molecule has 2 unspecified atom stereocenters. The van der Waals surface area contributed by atoms with E-state index in [-0.39, 0.29) is 12.7 Å². The molecule has 0 amide bonds. The molecule has 1 rings (SSSR count). The summed E-state index contributed by atoms with van der Waals surface area (Å²) in [4.78, 5) is 12.9. The Bertz CT molecular complexity index is 210. The van der Waals surface area contributed by atoms with Gasteiger partial charge in [0.2, 0.25) is 0 Å². The lowest BCUT2D eigenvalue weighted by Gasteiger charge is -2.35. The summed E-state index contributed by atoms with van der Waals surface area (Å²) in [6, 6.07) is -0.437. The Hall–Kier alpha value is -0.650. The average molecular weight is 217 g/mol. The lowest BCUT2D eigenvalue weighted by Crippen LogP contribution is -2.51. The molecule has 2 atom stereocenters. The molecular weight excluding hydrogens is 198 g/mol. The Morgan fingerprint density at radius 2 is 2.40 bits per heavy atom. The summed E-state index contributed by atoms with van der Waals surface area (Å²) in [5, 5.41) is 18.0. The highest BCUT2D eigenvalue weighted by Gasteiger charge is 2.29. The number of carboxylic acid groups (broad SMARTS) is 1. The maximum atomic E-state index is 11.0. The van der Waals surface area contributed by atoms with Crippen LogP contribution in [0.1, 0.15) is 19.8 Å². The van der Waals surface area contributed by atoms with Gasteiger partial charge in [0, 0.05) is 13.1 Å². The summed E-state index contributed by atoms with van der Waals surface area (Å²) in [5.74, 6) is -0.782. The maximum Gasteiger partial charge on any atom is 0.320 e. The highest BCUT2D eigenvalue weighted by Crippen LogP contribution is 2.13. The van der Waals surface area contributed by atoms with Crippen LogP contribution in [0.3, 0.4) is 0 Å². The second-order valence-electron chi connectivity index (χ2n) is 3.81. The summed E-state index contributed by atoms with van der Waals surface area (Å²) in [6.07, 6.45) is 1.25. The molecule has 0 radical (unpaired) electrons. The third kappa shape index (κ3) is 3.44. The van der Waals surface area contributed by atoms with E-state index in [0.29, 0.717) is 26.1 Å². The first kappa shape index (κ1) is 12.4. The topological polar surface area (TPSA) is 70.0 Å². The number of aliphatic hydroxyl groups excluding tert-OH is 1. The van der Waals surface area contributed by atoms with Gasteiger partial charge in [-0.3, -0.25) is 9.69 Å². The van der Waals surface area contributed by atoms with Crippen molar-refractivity contribution in [3.63, 3.8) is 0 Å². The third-order valence-electron chi connectivity index (χ3n) is 2.66. The van der Waals surface area contributed by atoms with Gasteiger partial charge in [-0.1, -0.05) is 13.3 Å². The molecule has 0 saturated carbocycles. The van der Waals surface area contributed by atoms with Crippen LogP contribution >= 0.6 is 0 Å². The summed E-state index contributed by atoms with van der Waals surface area (Å²) in [5.41, 5.74) is 0. The number of rotatable bonds is 5. The van der Waals surface area contributed by atoms with Crippen LogP contribution in [0.4, 0.5) is 0 Å². The summed E-state index contributed by atoms with van der Waals surface area (Å²) < 4.78 is 5.28. The van der Waals surface area contributed by atoms with E-state index < -0.39 is 12.0 Å². The molecule has 2 N–H and O–H groups in total. The molecule has 1 fully saturated rings. The first-order valence-corrected chi connectivity index (χ1v) is 5.38. The lowest BCUT2D eigenvalue weighted by molar-refractivity contribution is -0.147. The van der Waals surface area contributed by atoms with Gasteiger partial charge in [0.15, 0.2) is 0 Å². The van der Waals surface area contributed by atoms with Crippen LogP contribution < -0.4 is 0 Å². The van der Waals surface area contributed by atoms with Gasteiger partial charge in [0.1, 0.15) is 6.04 Å². The first-order valence-electron chi connectivity index (χ1n) is 5.38. The number of aliphatic carboxylic acids is 1. The second kappa shape index (κ2) is 6.05. The Labute approximate surface area is 89.6 Å². The van der Waals surface area contributed by atoms with Crippen LogP contribution in [-0.2, 0) is 9.53 Å². The quantitative estimate of drug-likeness (QED) is 0.674. The minimum Gasteiger partial charge on any atom is -0.480 e. The van der Waals surface area contributed by atoms with Crippen molar-refractivity contribution in [2.75, 3.05) is 26.3 Å². The van der Waals surface area contributed by atoms with Gasteiger partial charge in [-0.25, -0.2) is 0 Å². The van der Waals surface area contributed by atoms with E-state index in [9.17, 15) is 4.79 Å². The molecule has 0 spiro atoms. The Kier molecular flexibility index (Phi) is 5.01. The molecule has 0 aromatic carbocycles. The molecule has 5 nitrogen and oxygen atoms in total. The number of aliphatic hydroxyl groups is 1. The van der Waals surface area contributed by atoms with Crippen molar-refractivity contribution in [3.8, 4) is 0 Å². The number of hydrogen-bond donors (Lipinski definition) is 2. The van der Waals surface area contributed by atoms with Gasteiger partial charge >= 0.3 is 5.97 Å². The molecule has 0 aromatic heterocycles. The van der Waals surface area contributed by atoms with Crippen LogP contribution in [0.5, 0.6) is 0 Å². The van der Waals surface area contributed by atoms with Crippen LogP contribution in [0, 0.1) is 0 Å². The number of nitrogens with zero attached hydrogens (tertiary/aromatic N) is 1. The number of carbonyl (C=O) groups is 1. The molecular formula is C10H19NO4. The lowest BCUT2D eigenvalue weighted by atomic mass is 10.1. The van der Waals surface area contributed by atoms with Gasteiger partial charge in [-0.2, -0.15) is 0 Å². The van der Waals surface area contributed by atoms with E-state index in [0.717, 1.165) is 6.42 Å². The zero-order valence-electron chi connectivity index (χ0n) is 9.06. The Morgan fingerprint density at radius 3 is 2.93 bits per heavy atom. The average Bonchev–Trinajstić information content (AvgIpc) is 2.25. The van der Waals surface area contributed by atoms with E-state index in [2.05, 4.69) is 0 Å². The standard InChI is InChI=1S/C10H19NO4/c1-2-3-9(10(13)14)11-4-5-15-8(6-11)7-12/h8-9,12H,2-7H2,1H3,(H,13,14). The number of carboxylic acids is 1. The van der Waals surface area contributed by atoms with Crippen molar-refractivity contribution in [2.24, 2.45) is 0 Å². The van der Waals surface area contributed by atoms with E-state index in [1.165, 1.54) is 0 Å². The maximum absolute atomic E-state index is 11.0. The van der Waals surface area contributed by atoms with Crippen molar-refractivity contribution < 1.29 is 19.7 Å². The summed E-state index contributed by atoms with van der Waals surface area (Å²) >= 11 is 0. The van der Waals surface area contributed by atoms with Gasteiger partial charge in [-0.05, 0) is 6.42 Å². The molecule has 0 aromatic rings. The normalized spacial score (nSPS) is 25.1. The fourth-order valence-electron chi connectivity index (χ4n) is 1.87. The van der Waals surface area contributed by atoms with Gasteiger partial charge in [-0.15, -0.1) is 0 Å².